The smallest absolute Gasteiger partial charge is 0.274 e. The molecule has 0 aliphatic carbocycles. The molecular formula is C34H48N14O4S2. The number of rotatable bonds is 22. The number of nitrogens with zero attached hydrogens (tertiary/aromatic N) is 2. The number of carbonyl (C=O) groups is 4. The number of benzene rings is 2. The summed E-state index contributed by atoms with van der Waals surface area (Å²) in [5.41, 5.74) is 23.8. The van der Waals surface area contributed by atoms with Crippen molar-refractivity contribution in [3.8, 4) is 0 Å². The van der Waals surface area contributed by atoms with Gasteiger partial charge in [0.1, 0.15) is 17.7 Å². The van der Waals surface area contributed by atoms with Gasteiger partial charge in [-0.05, 0) is 49.9 Å². The average Bonchev–Trinajstić information content (AvgIpc) is 3.13. The number of carbonyl (C=O) groups excluding carboxylic acids is 4. The van der Waals surface area contributed by atoms with Gasteiger partial charge in [-0.2, -0.15) is 0 Å². The molecule has 0 saturated carbocycles. The lowest BCUT2D eigenvalue weighted by atomic mass is 10.2. The van der Waals surface area contributed by atoms with Gasteiger partial charge in [-0.25, -0.2) is 9.97 Å². The first kappa shape index (κ1) is 43.0. The Labute approximate surface area is 321 Å². The molecule has 16 N–H and O–H groups in total. The van der Waals surface area contributed by atoms with Crippen molar-refractivity contribution in [1.82, 2.24) is 20.6 Å². The summed E-state index contributed by atoms with van der Waals surface area (Å²) in [6.45, 7) is 1.69. The minimum absolute atomic E-state index is 0.0734. The first-order chi connectivity index (χ1) is 26.0. The molecule has 0 radical (unpaired) electrons. The molecule has 1 heterocycles. The molecule has 3 rings (SSSR count). The van der Waals surface area contributed by atoms with E-state index in [4.69, 9.17) is 33.8 Å². The van der Waals surface area contributed by atoms with Gasteiger partial charge < -0.3 is 54.8 Å². The molecule has 18 nitrogen and oxygen atoms in total. The van der Waals surface area contributed by atoms with E-state index >= 15 is 0 Å². The van der Waals surface area contributed by atoms with Crippen LogP contribution in [-0.2, 0) is 9.59 Å². The molecule has 1 aromatic heterocycles. The van der Waals surface area contributed by atoms with Gasteiger partial charge in [0.15, 0.2) is 11.9 Å². The second-order valence-corrected chi connectivity index (χ2v) is 13.7. The molecule has 3 aromatic rings. The number of nitrogens with two attached hydrogens (primary N) is 4. The van der Waals surface area contributed by atoms with Gasteiger partial charge in [-0.15, -0.1) is 23.5 Å². The summed E-state index contributed by atoms with van der Waals surface area (Å²) in [5.74, 6) is -0.858. The highest BCUT2D eigenvalue weighted by molar-refractivity contribution is 7.99. The summed E-state index contributed by atoms with van der Waals surface area (Å²) in [5, 5.41) is 31.3. The third kappa shape index (κ3) is 14.9. The van der Waals surface area contributed by atoms with E-state index in [0.29, 0.717) is 95.9 Å². The number of thioether (sulfide) groups is 2. The normalized spacial score (nSPS) is 10.6. The number of anilines is 4. The van der Waals surface area contributed by atoms with Crippen LogP contribution in [0.5, 0.6) is 0 Å². The number of hydrogen-bond donors (Lipinski definition) is 12. The molecule has 0 fully saturated rings. The first-order valence-corrected chi connectivity index (χ1v) is 19.1. The summed E-state index contributed by atoms with van der Waals surface area (Å²) >= 11 is 2.73. The summed E-state index contributed by atoms with van der Waals surface area (Å²) < 4.78 is 0. The zero-order valence-corrected chi connectivity index (χ0v) is 31.4. The highest BCUT2D eigenvalue weighted by Crippen LogP contribution is 2.36. The number of hydrogen-bond acceptors (Lipinski definition) is 12. The molecule has 290 valence electrons. The van der Waals surface area contributed by atoms with E-state index in [1.54, 1.807) is 36.4 Å². The highest BCUT2D eigenvalue weighted by Gasteiger charge is 2.19. The molecule has 0 spiro atoms. The molecule has 20 heteroatoms. The fourth-order valence-corrected chi connectivity index (χ4v) is 6.51. The molecule has 54 heavy (non-hydrogen) atoms. The van der Waals surface area contributed by atoms with Crippen molar-refractivity contribution in [2.75, 3.05) is 59.0 Å². The maximum Gasteiger partial charge on any atom is 0.274 e. The Hall–Kier alpha value is -5.44. The van der Waals surface area contributed by atoms with Crippen LogP contribution in [0.15, 0.2) is 58.6 Å². The predicted molar refractivity (Wildman–Crippen MR) is 215 cm³/mol. The number of unbranched alkanes of at least 4 members (excludes halogenated alkanes) is 2. The zero-order valence-electron chi connectivity index (χ0n) is 29.8. The van der Waals surface area contributed by atoms with Crippen LogP contribution < -0.4 is 54.8 Å². The van der Waals surface area contributed by atoms with E-state index in [1.165, 1.54) is 29.6 Å². The zero-order chi connectivity index (χ0) is 39.3. The monoisotopic (exact) mass is 780 g/mol. The minimum Gasteiger partial charge on any atom is -0.370 e. The topological polar surface area (TPSA) is 318 Å². The van der Waals surface area contributed by atoms with Crippen molar-refractivity contribution in [1.29, 1.82) is 10.8 Å². The quantitative estimate of drug-likeness (QED) is 0.0301. The summed E-state index contributed by atoms with van der Waals surface area (Å²) in [6, 6.07) is 11.5. The third-order valence-corrected chi connectivity index (χ3v) is 9.56. The van der Waals surface area contributed by atoms with Crippen molar-refractivity contribution < 1.29 is 19.2 Å². The Balaban J connectivity index is 1.72. The summed E-state index contributed by atoms with van der Waals surface area (Å²) in [6.07, 6.45) is 4.07. The Kier molecular flexibility index (Phi) is 18.5. The van der Waals surface area contributed by atoms with Crippen molar-refractivity contribution in [2.24, 2.45) is 22.9 Å². The molecule has 0 aliphatic rings. The van der Waals surface area contributed by atoms with Crippen LogP contribution in [0.4, 0.5) is 22.7 Å². The van der Waals surface area contributed by atoms with E-state index in [1.807, 2.05) is 0 Å². The van der Waals surface area contributed by atoms with Crippen molar-refractivity contribution in [3.63, 3.8) is 0 Å². The molecule has 0 atom stereocenters. The minimum atomic E-state index is -0.608. The fourth-order valence-electron chi connectivity index (χ4n) is 4.77. The Bertz CT molecular complexity index is 1660. The average molecular weight is 781 g/mol. The summed E-state index contributed by atoms with van der Waals surface area (Å²) in [7, 11) is 0. The van der Waals surface area contributed by atoms with Crippen LogP contribution >= 0.6 is 23.5 Å². The lowest BCUT2D eigenvalue weighted by Crippen LogP contribution is -2.31. The third-order valence-electron chi connectivity index (χ3n) is 7.23. The standard InChI is InChI=1S/C34H48N14O4S2/c35-13-17-53-29-21(45-27(49)11-1-3-15-41-33(37)38)7-5-9-23(29)47-31(51)25-19-26(44-20-43-25)32(52)48-24-10-6-8-22(30(24)54-18-14-36)46-28(50)12-2-4-16-42-34(39)40/h5-10,19-20H,1-4,11-18,35-36H2,(H,45,49)(H,46,50)(H,47,51)(H,48,52)(H4,37,38,41)(H4,39,40,42). The van der Waals surface area contributed by atoms with Crippen LogP contribution in [-0.4, -0.2) is 83.2 Å². The number of nitrogens with one attached hydrogen (secondary N) is 8. The Morgan fingerprint density at radius 2 is 1.00 bits per heavy atom. The molecular weight excluding hydrogens is 733 g/mol. The maximum absolute atomic E-state index is 13.5. The van der Waals surface area contributed by atoms with Crippen LogP contribution in [0.25, 0.3) is 0 Å². The van der Waals surface area contributed by atoms with Gasteiger partial charge >= 0.3 is 0 Å². The van der Waals surface area contributed by atoms with Crippen LogP contribution in [0.2, 0.25) is 0 Å². The number of aromatic nitrogens is 2. The van der Waals surface area contributed by atoms with E-state index < -0.39 is 11.8 Å². The van der Waals surface area contributed by atoms with E-state index in [-0.39, 0.29) is 48.0 Å². The second-order valence-electron chi connectivity index (χ2n) is 11.5. The van der Waals surface area contributed by atoms with Gasteiger partial charge in [0.2, 0.25) is 11.8 Å². The predicted octanol–water partition coefficient (Wildman–Crippen LogP) is 2.27. The first-order valence-electron chi connectivity index (χ1n) is 17.1. The molecule has 0 aliphatic heterocycles. The van der Waals surface area contributed by atoms with Crippen molar-refractivity contribution >= 4 is 81.8 Å². The molecule has 0 saturated heterocycles. The second kappa shape index (κ2) is 23.3. The Morgan fingerprint density at radius 3 is 1.37 bits per heavy atom. The van der Waals surface area contributed by atoms with E-state index in [0.717, 1.165) is 6.33 Å². The Morgan fingerprint density at radius 1 is 0.611 bits per heavy atom. The lowest BCUT2D eigenvalue weighted by Gasteiger charge is -2.16. The number of guanidine groups is 2. The van der Waals surface area contributed by atoms with Gasteiger partial charge in [0.05, 0.1) is 32.5 Å². The number of amides is 4. The van der Waals surface area contributed by atoms with Crippen molar-refractivity contribution in [3.05, 3.63) is 60.2 Å². The summed E-state index contributed by atoms with van der Waals surface area (Å²) in [4.78, 5) is 61.8. The fraction of sp³-hybridized carbons (Fsp3) is 0.353. The van der Waals surface area contributed by atoms with E-state index in [2.05, 4.69) is 41.9 Å². The largest absolute Gasteiger partial charge is 0.370 e. The molecule has 0 bridgehead atoms. The SMILES string of the molecule is N=C(N)NCCCCC(=O)Nc1cccc(NC(=O)c2cc(C(=O)Nc3cccc(NC(=O)CCCCNC(=N)N)c3SCCN)ncn2)c1SCCN. The molecule has 4 amide bonds. The van der Waals surface area contributed by atoms with Gasteiger partial charge in [0, 0.05) is 56.6 Å². The van der Waals surface area contributed by atoms with Gasteiger partial charge in [0.25, 0.3) is 11.8 Å². The molecule has 0 unspecified atom stereocenters. The van der Waals surface area contributed by atoms with Crippen LogP contribution in [0.3, 0.4) is 0 Å². The van der Waals surface area contributed by atoms with Gasteiger partial charge in [-0.1, -0.05) is 12.1 Å². The lowest BCUT2D eigenvalue weighted by molar-refractivity contribution is -0.117. The van der Waals surface area contributed by atoms with E-state index in [9.17, 15) is 19.2 Å². The van der Waals surface area contributed by atoms with Crippen molar-refractivity contribution in [2.45, 2.75) is 48.3 Å². The maximum atomic E-state index is 13.5. The van der Waals surface area contributed by atoms with Gasteiger partial charge in [-0.3, -0.25) is 30.0 Å². The van der Waals surface area contributed by atoms with Crippen LogP contribution in [0, 0.1) is 10.8 Å². The van der Waals surface area contributed by atoms with Crippen LogP contribution in [0.1, 0.15) is 59.5 Å². The highest BCUT2D eigenvalue weighted by atomic mass is 32.2. The molecule has 2 aromatic carbocycles.